The molecule has 0 amide bonds. The summed E-state index contributed by atoms with van der Waals surface area (Å²) in [6.07, 6.45) is 9.24. The van der Waals surface area contributed by atoms with E-state index in [9.17, 15) is 5.11 Å². The third kappa shape index (κ3) is 3.94. The summed E-state index contributed by atoms with van der Waals surface area (Å²) in [7, 11) is 0. The highest BCUT2D eigenvalue weighted by Crippen LogP contribution is 2.22. The van der Waals surface area contributed by atoms with Crippen LogP contribution in [0.3, 0.4) is 0 Å². The van der Waals surface area contributed by atoms with Gasteiger partial charge in [-0.15, -0.1) is 0 Å². The van der Waals surface area contributed by atoms with Crippen molar-refractivity contribution in [3.05, 3.63) is 0 Å². The molecule has 0 saturated carbocycles. The minimum absolute atomic E-state index is 0.341. The van der Waals surface area contributed by atoms with E-state index < -0.39 is 0 Å². The van der Waals surface area contributed by atoms with Gasteiger partial charge >= 0.3 is 0 Å². The lowest BCUT2D eigenvalue weighted by Gasteiger charge is -2.40. The summed E-state index contributed by atoms with van der Waals surface area (Å²) in [5.41, 5.74) is 0. The van der Waals surface area contributed by atoms with Crippen LogP contribution in [0.5, 0.6) is 0 Å². The first-order valence-electron chi connectivity index (χ1n) is 7.90. The molecule has 3 heteroatoms. The number of aliphatic hydroxyl groups excluding tert-OH is 1. The van der Waals surface area contributed by atoms with Crippen LogP contribution in [0.15, 0.2) is 0 Å². The van der Waals surface area contributed by atoms with Crippen molar-refractivity contribution < 1.29 is 5.11 Å². The molecule has 1 N–H and O–H groups in total. The fraction of sp³-hybridized carbons (Fsp3) is 1.00. The van der Waals surface area contributed by atoms with Gasteiger partial charge in [0.1, 0.15) is 0 Å². The molecule has 0 radical (unpaired) electrons. The molecule has 106 valence electrons. The van der Waals surface area contributed by atoms with Gasteiger partial charge in [-0.2, -0.15) is 0 Å². The molecule has 0 aromatic heterocycles. The summed E-state index contributed by atoms with van der Waals surface area (Å²) in [5.74, 6) is 0. The SMILES string of the molecule is C[C@H]1CCC[C@H](CO)N1CCCN1CCCCC1. The average Bonchev–Trinajstić information content (AvgIpc) is 2.41. The van der Waals surface area contributed by atoms with Crippen molar-refractivity contribution in [2.24, 2.45) is 0 Å². The van der Waals surface area contributed by atoms with Crippen molar-refractivity contribution in [2.45, 2.75) is 64.0 Å². The zero-order valence-corrected chi connectivity index (χ0v) is 12.0. The number of hydrogen-bond acceptors (Lipinski definition) is 3. The molecule has 2 saturated heterocycles. The van der Waals surface area contributed by atoms with Gasteiger partial charge in [0.2, 0.25) is 0 Å². The number of aliphatic hydroxyl groups is 1. The number of likely N-dealkylation sites (tertiary alicyclic amines) is 2. The Balaban J connectivity index is 1.69. The Morgan fingerprint density at radius 1 is 1.00 bits per heavy atom. The van der Waals surface area contributed by atoms with Crippen LogP contribution in [0, 0.1) is 0 Å². The van der Waals surface area contributed by atoms with E-state index in [1.54, 1.807) is 0 Å². The van der Waals surface area contributed by atoms with Crippen LogP contribution in [-0.4, -0.2) is 59.8 Å². The van der Waals surface area contributed by atoms with Gasteiger partial charge in [0, 0.05) is 18.6 Å². The van der Waals surface area contributed by atoms with Crippen molar-refractivity contribution in [1.29, 1.82) is 0 Å². The molecule has 0 spiro atoms. The van der Waals surface area contributed by atoms with Crippen LogP contribution >= 0.6 is 0 Å². The third-order valence-electron chi connectivity index (χ3n) is 4.74. The molecular weight excluding hydrogens is 224 g/mol. The van der Waals surface area contributed by atoms with Gasteiger partial charge in [-0.3, -0.25) is 4.90 Å². The Morgan fingerprint density at radius 2 is 1.78 bits per heavy atom. The average molecular weight is 254 g/mol. The lowest BCUT2D eigenvalue weighted by Crippen LogP contribution is -2.48. The molecule has 0 unspecified atom stereocenters. The first-order valence-corrected chi connectivity index (χ1v) is 7.90. The number of rotatable bonds is 5. The summed E-state index contributed by atoms with van der Waals surface area (Å²) in [5, 5.41) is 9.48. The topological polar surface area (TPSA) is 26.7 Å². The second-order valence-corrected chi connectivity index (χ2v) is 6.11. The number of hydrogen-bond donors (Lipinski definition) is 1. The predicted molar refractivity (Wildman–Crippen MR) is 75.8 cm³/mol. The van der Waals surface area contributed by atoms with Gasteiger partial charge in [0.25, 0.3) is 0 Å². The standard InChI is InChI=1S/C15H30N2O/c1-14-7-5-8-15(13-18)17(14)12-6-11-16-9-3-2-4-10-16/h14-15,18H,2-13H2,1H3/t14-,15+/m0/s1. The summed E-state index contributed by atoms with van der Waals surface area (Å²) in [6.45, 7) is 7.69. The first-order chi connectivity index (χ1) is 8.81. The fourth-order valence-electron chi connectivity index (χ4n) is 3.60. The zero-order valence-electron chi connectivity index (χ0n) is 12.0. The third-order valence-corrected chi connectivity index (χ3v) is 4.74. The predicted octanol–water partition coefficient (Wildman–Crippen LogP) is 2.10. The van der Waals surface area contributed by atoms with E-state index in [0.29, 0.717) is 18.7 Å². The van der Waals surface area contributed by atoms with Crippen molar-refractivity contribution >= 4 is 0 Å². The summed E-state index contributed by atoms with van der Waals surface area (Å²) in [6, 6.07) is 1.09. The minimum Gasteiger partial charge on any atom is -0.395 e. The zero-order chi connectivity index (χ0) is 12.8. The maximum atomic E-state index is 9.48. The van der Waals surface area contributed by atoms with Gasteiger partial charge < -0.3 is 10.0 Å². The molecule has 2 atom stereocenters. The van der Waals surface area contributed by atoms with E-state index in [-0.39, 0.29) is 0 Å². The Hall–Kier alpha value is -0.120. The quantitative estimate of drug-likeness (QED) is 0.814. The molecule has 0 aliphatic carbocycles. The first kappa shape index (κ1) is 14.3. The Bertz CT molecular complexity index is 229. The van der Waals surface area contributed by atoms with Crippen molar-refractivity contribution in [1.82, 2.24) is 9.80 Å². The van der Waals surface area contributed by atoms with Gasteiger partial charge in [-0.1, -0.05) is 12.8 Å². The molecule has 2 heterocycles. The monoisotopic (exact) mass is 254 g/mol. The summed E-state index contributed by atoms with van der Waals surface area (Å²) >= 11 is 0. The van der Waals surface area contributed by atoms with Gasteiger partial charge in [0.15, 0.2) is 0 Å². The molecule has 0 bridgehead atoms. The fourth-order valence-corrected chi connectivity index (χ4v) is 3.60. The largest absolute Gasteiger partial charge is 0.395 e. The van der Waals surface area contributed by atoms with Crippen LogP contribution < -0.4 is 0 Å². The van der Waals surface area contributed by atoms with Crippen LogP contribution in [0.1, 0.15) is 51.9 Å². The molecule has 2 fully saturated rings. The van der Waals surface area contributed by atoms with Crippen molar-refractivity contribution in [3.8, 4) is 0 Å². The van der Waals surface area contributed by atoms with E-state index >= 15 is 0 Å². The van der Waals surface area contributed by atoms with E-state index in [4.69, 9.17) is 0 Å². The lowest BCUT2D eigenvalue weighted by atomic mass is 9.96. The second-order valence-electron chi connectivity index (χ2n) is 6.11. The second kappa shape index (κ2) is 7.46. The van der Waals surface area contributed by atoms with Crippen molar-refractivity contribution in [2.75, 3.05) is 32.8 Å². The summed E-state index contributed by atoms with van der Waals surface area (Å²) < 4.78 is 0. The highest BCUT2D eigenvalue weighted by molar-refractivity contribution is 4.82. The van der Waals surface area contributed by atoms with Crippen LogP contribution in [0.4, 0.5) is 0 Å². The Kier molecular flexibility index (Phi) is 5.93. The molecule has 3 nitrogen and oxygen atoms in total. The molecule has 0 aromatic carbocycles. The van der Waals surface area contributed by atoms with E-state index in [0.717, 1.165) is 0 Å². The lowest BCUT2D eigenvalue weighted by molar-refractivity contribution is 0.0477. The Morgan fingerprint density at radius 3 is 2.50 bits per heavy atom. The highest BCUT2D eigenvalue weighted by atomic mass is 16.3. The smallest absolute Gasteiger partial charge is 0.0586 e. The van der Waals surface area contributed by atoms with E-state index in [2.05, 4.69) is 16.7 Å². The maximum Gasteiger partial charge on any atom is 0.0586 e. The normalized spacial score (nSPS) is 31.7. The molecule has 2 rings (SSSR count). The van der Waals surface area contributed by atoms with Gasteiger partial charge in [-0.05, 0) is 58.7 Å². The molecule has 18 heavy (non-hydrogen) atoms. The van der Waals surface area contributed by atoms with E-state index in [1.807, 2.05) is 0 Å². The summed E-state index contributed by atoms with van der Waals surface area (Å²) in [4.78, 5) is 5.17. The maximum absolute atomic E-state index is 9.48. The number of nitrogens with zero attached hydrogens (tertiary/aromatic N) is 2. The van der Waals surface area contributed by atoms with Gasteiger partial charge in [0.05, 0.1) is 6.61 Å². The molecule has 2 aliphatic rings. The molecule has 2 aliphatic heterocycles. The van der Waals surface area contributed by atoms with Crippen LogP contribution in [-0.2, 0) is 0 Å². The molecular formula is C15H30N2O. The van der Waals surface area contributed by atoms with Crippen molar-refractivity contribution in [3.63, 3.8) is 0 Å². The molecule has 0 aromatic rings. The Labute approximate surface area is 112 Å². The van der Waals surface area contributed by atoms with E-state index in [1.165, 1.54) is 71.1 Å². The van der Waals surface area contributed by atoms with Crippen LogP contribution in [0.2, 0.25) is 0 Å². The van der Waals surface area contributed by atoms with Gasteiger partial charge in [-0.25, -0.2) is 0 Å². The number of piperidine rings is 2. The highest BCUT2D eigenvalue weighted by Gasteiger charge is 2.26. The van der Waals surface area contributed by atoms with Crippen LogP contribution in [0.25, 0.3) is 0 Å². The minimum atomic E-state index is 0.341.